The van der Waals surface area contributed by atoms with Gasteiger partial charge in [-0.15, -0.1) is 0 Å². The number of benzene rings is 2. The second-order valence-corrected chi connectivity index (χ2v) is 8.68. The molecule has 2 aliphatic rings. The number of amides is 2. The second kappa shape index (κ2) is 9.69. The molecule has 0 bridgehead atoms. The number of fused-ring (bicyclic) bond motifs is 1. The van der Waals surface area contributed by atoms with E-state index in [9.17, 15) is 9.59 Å². The van der Waals surface area contributed by atoms with Gasteiger partial charge in [0.05, 0.1) is 31.4 Å². The van der Waals surface area contributed by atoms with Crippen molar-refractivity contribution >= 4 is 29.1 Å². The average Bonchev–Trinajstić information content (AvgIpc) is 3.16. The van der Waals surface area contributed by atoms with Gasteiger partial charge >= 0.3 is 0 Å². The molecule has 2 amide bonds. The van der Waals surface area contributed by atoms with Crippen molar-refractivity contribution in [1.82, 2.24) is 9.80 Å². The minimum Gasteiger partial charge on any atom is -0.490 e. The number of nitrogens with zero attached hydrogens (tertiary/aromatic N) is 2. The summed E-state index contributed by atoms with van der Waals surface area (Å²) in [7, 11) is 3.38. The Labute approximate surface area is 193 Å². The predicted molar refractivity (Wildman–Crippen MR) is 124 cm³/mol. The quantitative estimate of drug-likeness (QED) is 0.735. The molecular weight excluding hydrogens is 430 g/mol. The first kappa shape index (κ1) is 22.3. The van der Waals surface area contributed by atoms with Crippen molar-refractivity contribution in [2.24, 2.45) is 0 Å². The molecule has 2 aliphatic heterocycles. The Hall–Kier alpha value is -2.93. The normalized spacial score (nSPS) is 17.6. The van der Waals surface area contributed by atoms with Gasteiger partial charge in [0.2, 0.25) is 5.91 Å². The molecular formula is C24H28ClN3O4. The van der Waals surface area contributed by atoms with Crippen LogP contribution in [0.5, 0.6) is 11.5 Å². The van der Waals surface area contributed by atoms with Gasteiger partial charge in [-0.05, 0) is 48.7 Å². The maximum Gasteiger partial charge on any atom is 0.255 e. The molecule has 0 radical (unpaired) electrons. The smallest absolute Gasteiger partial charge is 0.255 e. The summed E-state index contributed by atoms with van der Waals surface area (Å²) >= 11 is 6.13. The van der Waals surface area contributed by atoms with Gasteiger partial charge in [-0.1, -0.05) is 17.7 Å². The highest BCUT2D eigenvalue weighted by Crippen LogP contribution is 2.38. The fraction of sp³-hybridized carbons (Fsp3) is 0.417. The van der Waals surface area contributed by atoms with Crippen molar-refractivity contribution in [3.8, 4) is 11.5 Å². The Morgan fingerprint density at radius 3 is 2.66 bits per heavy atom. The lowest BCUT2D eigenvalue weighted by molar-refractivity contribution is -0.130. The topological polar surface area (TPSA) is 71.1 Å². The van der Waals surface area contributed by atoms with E-state index in [0.29, 0.717) is 36.0 Å². The van der Waals surface area contributed by atoms with Crippen molar-refractivity contribution in [3.05, 3.63) is 52.5 Å². The largest absolute Gasteiger partial charge is 0.490 e. The van der Waals surface area contributed by atoms with Crippen LogP contribution in [-0.2, 0) is 4.79 Å². The first-order valence-electron chi connectivity index (χ1n) is 10.9. The minimum absolute atomic E-state index is 0.0105. The van der Waals surface area contributed by atoms with E-state index in [1.165, 1.54) is 4.90 Å². The molecule has 0 aliphatic carbocycles. The van der Waals surface area contributed by atoms with Crippen LogP contribution in [0, 0.1) is 0 Å². The number of anilines is 1. The summed E-state index contributed by atoms with van der Waals surface area (Å²) in [5, 5.41) is 3.63. The van der Waals surface area contributed by atoms with Crippen LogP contribution >= 0.6 is 11.6 Å². The van der Waals surface area contributed by atoms with Gasteiger partial charge in [-0.3, -0.25) is 9.59 Å². The molecule has 1 atom stereocenters. The first-order chi connectivity index (χ1) is 15.4. The van der Waals surface area contributed by atoms with Crippen molar-refractivity contribution in [3.63, 3.8) is 0 Å². The number of nitrogens with one attached hydrogen (secondary N) is 1. The van der Waals surface area contributed by atoms with E-state index >= 15 is 0 Å². The third-order valence-corrected chi connectivity index (χ3v) is 6.01. The molecule has 1 saturated heterocycles. The van der Waals surface area contributed by atoms with Gasteiger partial charge in [-0.2, -0.15) is 0 Å². The number of carbonyl (C=O) groups is 2. The number of halogens is 1. The molecule has 4 rings (SSSR count). The van der Waals surface area contributed by atoms with E-state index in [1.807, 2.05) is 23.1 Å². The van der Waals surface area contributed by atoms with Gasteiger partial charge in [0.1, 0.15) is 0 Å². The van der Waals surface area contributed by atoms with E-state index < -0.39 is 0 Å². The molecule has 0 spiro atoms. The number of rotatable bonds is 5. The summed E-state index contributed by atoms with van der Waals surface area (Å²) in [4.78, 5) is 29.0. The summed E-state index contributed by atoms with van der Waals surface area (Å²) in [5.74, 6) is 1.32. The molecule has 32 heavy (non-hydrogen) atoms. The van der Waals surface area contributed by atoms with Gasteiger partial charge in [0, 0.05) is 37.8 Å². The Balaban J connectivity index is 1.48. The maximum absolute atomic E-state index is 13.1. The Bertz CT molecular complexity index is 1010. The number of hydrogen-bond acceptors (Lipinski definition) is 5. The Morgan fingerprint density at radius 2 is 1.88 bits per heavy atom. The number of ether oxygens (including phenoxy) is 2. The molecule has 0 saturated carbocycles. The van der Waals surface area contributed by atoms with Crippen LogP contribution in [0.3, 0.4) is 0 Å². The lowest BCUT2D eigenvalue weighted by atomic mass is 10.0. The van der Waals surface area contributed by atoms with Crippen LogP contribution in [0.4, 0.5) is 5.69 Å². The van der Waals surface area contributed by atoms with Crippen molar-refractivity contribution in [2.75, 3.05) is 45.7 Å². The number of carbonyl (C=O) groups excluding carboxylic acids is 2. The fourth-order valence-electron chi connectivity index (χ4n) is 4.16. The Morgan fingerprint density at radius 1 is 1.09 bits per heavy atom. The van der Waals surface area contributed by atoms with Crippen LogP contribution in [0.2, 0.25) is 5.02 Å². The van der Waals surface area contributed by atoms with E-state index in [1.54, 1.807) is 32.3 Å². The van der Waals surface area contributed by atoms with E-state index in [2.05, 4.69) is 5.32 Å². The standard InChI is InChI=1S/C24H28ClN3O4/c1-27(2)24(30)18-8-7-17(25)14-19(18)26-15-23(29)28-10-3-5-20(28)16-6-9-21-22(13-16)32-12-4-11-31-21/h6-9,13-14,20,26H,3-5,10-12,15H2,1-2H3. The highest BCUT2D eigenvalue weighted by molar-refractivity contribution is 6.31. The van der Waals surface area contributed by atoms with Crippen LogP contribution in [0.15, 0.2) is 36.4 Å². The predicted octanol–water partition coefficient (Wildman–Crippen LogP) is 3.98. The molecule has 2 aromatic carbocycles. The third kappa shape index (κ3) is 4.78. The van der Waals surface area contributed by atoms with Crippen molar-refractivity contribution < 1.29 is 19.1 Å². The van der Waals surface area contributed by atoms with E-state index in [-0.39, 0.29) is 24.4 Å². The molecule has 1 N–H and O–H groups in total. The van der Waals surface area contributed by atoms with Crippen molar-refractivity contribution in [2.45, 2.75) is 25.3 Å². The number of hydrogen-bond donors (Lipinski definition) is 1. The summed E-state index contributed by atoms with van der Waals surface area (Å²) in [6, 6.07) is 11.0. The van der Waals surface area contributed by atoms with Gasteiger partial charge in [0.15, 0.2) is 11.5 Å². The van der Waals surface area contributed by atoms with Gasteiger partial charge in [0.25, 0.3) is 5.91 Å². The molecule has 7 nitrogen and oxygen atoms in total. The maximum atomic E-state index is 13.1. The highest BCUT2D eigenvalue weighted by Gasteiger charge is 2.30. The van der Waals surface area contributed by atoms with E-state index in [0.717, 1.165) is 36.3 Å². The minimum atomic E-state index is -0.150. The zero-order valence-electron chi connectivity index (χ0n) is 18.4. The summed E-state index contributed by atoms with van der Waals surface area (Å²) in [6.07, 6.45) is 2.69. The molecule has 2 heterocycles. The molecule has 2 aromatic rings. The Kier molecular flexibility index (Phi) is 6.74. The third-order valence-electron chi connectivity index (χ3n) is 5.78. The zero-order valence-corrected chi connectivity index (χ0v) is 19.2. The highest BCUT2D eigenvalue weighted by atomic mass is 35.5. The molecule has 1 unspecified atom stereocenters. The fourth-order valence-corrected chi connectivity index (χ4v) is 4.33. The molecule has 8 heteroatoms. The first-order valence-corrected chi connectivity index (χ1v) is 11.3. The van der Waals surface area contributed by atoms with Gasteiger partial charge in [-0.25, -0.2) is 0 Å². The monoisotopic (exact) mass is 457 g/mol. The average molecular weight is 458 g/mol. The molecule has 170 valence electrons. The van der Waals surface area contributed by atoms with Crippen LogP contribution < -0.4 is 14.8 Å². The second-order valence-electron chi connectivity index (χ2n) is 8.24. The summed E-state index contributed by atoms with van der Waals surface area (Å²) < 4.78 is 11.6. The summed E-state index contributed by atoms with van der Waals surface area (Å²) in [5.41, 5.74) is 2.08. The van der Waals surface area contributed by atoms with Crippen molar-refractivity contribution in [1.29, 1.82) is 0 Å². The number of likely N-dealkylation sites (tertiary alicyclic amines) is 1. The lowest BCUT2D eigenvalue weighted by Gasteiger charge is -2.26. The summed E-state index contributed by atoms with van der Waals surface area (Å²) in [6.45, 7) is 2.04. The lowest BCUT2D eigenvalue weighted by Crippen LogP contribution is -2.35. The van der Waals surface area contributed by atoms with Crippen LogP contribution in [-0.4, -0.2) is 62.0 Å². The molecule has 0 aromatic heterocycles. The zero-order chi connectivity index (χ0) is 22.7. The van der Waals surface area contributed by atoms with Crippen LogP contribution in [0.1, 0.15) is 41.2 Å². The van der Waals surface area contributed by atoms with E-state index in [4.69, 9.17) is 21.1 Å². The SMILES string of the molecule is CN(C)C(=O)c1ccc(Cl)cc1NCC(=O)N1CCCC1c1ccc2c(c1)OCCCO2. The van der Waals surface area contributed by atoms with Gasteiger partial charge < -0.3 is 24.6 Å². The van der Waals surface area contributed by atoms with Crippen LogP contribution in [0.25, 0.3) is 0 Å². The molecule has 1 fully saturated rings.